The van der Waals surface area contributed by atoms with Crippen LogP contribution in [0.4, 0.5) is 5.69 Å². The fraction of sp³-hybridized carbons (Fsp3) is 0.294. The Labute approximate surface area is 134 Å². The van der Waals surface area contributed by atoms with Gasteiger partial charge in [0.2, 0.25) is 0 Å². The van der Waals surface area contributed by atoms with E-state index in [9.17, 15) is 15.2 Å². The highest BCUT2D eigenvalue weighted by atomic mass is 16.3. The fourth-order valence-corrected chi connectivity index (χ4v) is 2.39. The smallest absolute Gasteiger partial charge is 0.271 e. The van der Waals surface area contributed by atoms with Gasteiger partial charge in [-0.15, -0.1) is 0 Å². The van der Waals surface area contributed by atoms with E-state index < -0.39 is 5.56 Å². The van der Waals surface area contributed by atoms with Crippen molar-refractivity contribution in [1.82, 2.24) is 4.57 Å². The van der Waals surface area contributed by atoms with Crippen LogP contribution in [0, 0.1) is 25.2 Å². The number of nitriles is 1. The van der Waals surface area contributed by atoms with Gasteiger partial charge in [0.05, 0.1) is 13.2 Å². The fourth-order valence-electron chi connectivity index (χ4n) is 2.39. The van der Waals surface area contributed by atoms with Crippen LogP contribution in [0.3, 0.4) is 0 Å². The monoisotopic (exact) mass is 313 g/mol. The van der Waals surface area contributed by atoms with Gasteiger partial charge in [-0.2, -0.15) is 5.26 Å². The van der Waals surface area contributed by atoms with E-state index in [4.69, 9.17) is 5.11 Å². The second kappa shape index (κ2) is 6.99. The van der Waals surface area contributed by atoms with Gasteiger partial charge in [-0.3, -0.25) is 9.36 Å². The van der Waals surface area contributed by atoms with E-state index in [0.717, 1.165) is 15.8 Å². The van der Waals surface area contributed by atoms with Crippen molar-refractivity contribution < 1.29 is 10.2 Å². The van der Waals surface area contributed by atoms with Crippen molar-refractivity contribution in [3.05, 3.63) is 56.9 Å². The molecule has 0 aliphatic carbocycles. The number of rotatable bonds is 5. The summed E-state index contributed by atoms with van der Waals surface area (Å²) in [7, 11) is 0. The lowest BCUT2D eigenvalue weighted by atomic mass is 10.0. The van der Waals surface area contributed by atoms with Gasteiger partial charge in [-0.25, -0.2) is 0 Å². The number of nitrogens with zero attached hydrogens (tertiary/aromatic N) is 2. The molecule has 0 saturated carbocycles. The van der Waals surface area contributed by atoms with E-state index in [1.807, 2.05) is 37.3 Å². The minimum Gasteiger partial charge on any atom is -0.494 e. The Hall–Kier alpha value is -2.78. The number of aromatic hydroxyl groups is 1. The van der Waals surface area contributed by atoms with E-state index in [2.05, 4.69) is 5.32 Å². The number of nitrogens with one attached hydrogen (secondary N) is 1. The first-order valence-corrected chi connectivity index (χ1v) is 7.26. The van der Waals surface area contributed by atoms with Crippen LogP contribution in [-0.4, -0.2) is 21.4 Å². The average Bonchev–Trinajstić information content (AvgIpc) is 2.53. The van der Waals surface area contributed by atoms with E-state index >= 15 is 0 Å². The molecule has 6 nitrogen and oxygen atoms in total. The minimum atomic E-state index is -0.587. The lowest BCUT2D eigenvalue weighted by Gasteiger charge is -2.16. The first-order chi connectivity index (χ1) is 11.0. The summed E-state index contributed by atoms with van der Waals surface area (Å²) in [6.07, 6.45) is 0. The van der Waals surface area contributed by atoms with Gasteiger partial charge in [0.1, 0.15) is 11.6 Å². The lowest BCUT2D eigenvalue weighted by Crippen LogP contribution is -2.27. The zero-order valence-electron chi connectivity index (χ0n) is 13.1. The van der Waals surface area contributed by atoms with Crippen LogP contribution in [0.5, 0.6) is 5.88 Å². The molecule has 120 valence electrons. The summed E-state index contributed by atoms with van der Waals surface area (Å²) in [5.74, 6) is -0.222. The summed E-state index contributed by atoms with van der Waals surface area (Å²) in [5, 5.41) is 31.7. The highest BCUT2D eigenvalue weighted by Crippen LogP contribution is 2.23. The second-order valence-electron chi connectivity index (χ2n) is 5.31. The molecule has 23 heavy (non-hydrogen) atoms. The molecule has 1 aromatic heterocycles. The standard InChI is InChI=1S/C17H19N3O3/c1-11-3-5-13(6-4-11)19-10-15-12(2)14(9-18)16(22)20(7-8-21)17(15)23/h3-6,19,21,23H,7-8,10H2,1-2H3. The van der Waals surface area contributed by atoms with Gasteiger partial charge in [-0.1, -0.05) is 17.7 Å². The highest BCUT2D eigenvalue weighted by Gasteiger charge is 2.18. The Balaban J connectivity index is 2.41. The van der Waals surface area contributed by atoms with Gasteiger partial charge >= 0.3 is 0 Å². The average molecular weight is 313 g/mol. The molecule has 1 aromatic carbocycles. The highest BCUT2D eigenvalue weighted by molar-refractivity contribution is 5.49. The molecular formula is C17H19N3O3. The number of benzene rings is 1. The summed E-state index contributed by atoms with van der Waals surface area (Å²) >= 11 is 0. The van der Waals surface area contributed by atoms with Gasteiger partial charge in [0, 0.05) is 17.8 Å². The van der Waals surface area contributed by atoms with Crippen LogP contribution in [0.25, 0.3) is 0 Å². The Morgan fingerprint density at radius 3 is 2.48 bits per heavy atom. The quantitative estimate of drug-likeness (QED) is 0.779. The molecule has 3 N–H and O–H groups in total. The maximum atomic E-state index is 12.1. The number of hydrogen-bond donors (Lipinski definition) is 3. The first kappa shape index (κ1) is 16.6. The van der Waals surface area contributed by atoms with Gasteiger partial charge in [-0.05, 0) is 31.5 Å². The summed E-state index contributed by atoms with van der Waals surface area (Å²) in [6, 6.07) is 9.63. The zero-order valence-corrected chi connectivity index (χ0v) is 13.1. The molecule has 1 heterocycles. The van der Waals surface area contributed by atoms with Gasteiger partial charge in [0.15, 0.2) is 5.88 Å². The molecule has 0 aliphatic heterocycles. The molecule has 0 radical (unpaired) electrons. The van der Waals surface area contributed by atoms with Crippen LogP contribution in [0.15, 0.2) is 29.1 Å². The summed E-state index contributed by atoms with van der Waals surface area (Å²) < 4.78 is 1.03. The van der Waals surface area contributed by atoms with Crippen molar-refractivity contribution in [3.8, 4) is 11.9 Å². The van der Waals surface area contributed by atoms with Gasteiger partial charge < -0.3 is 15.5 Å². The lowest BCUT2D eigenvalue weighted by molar-refractivity contribution is 0.263. The summed E-state index contributed by atoms with van der Waals surface area (Å²) in [4.78, 5) is 12.1. The maximum absolute atomic E-state index is 12.1. The van der Waals surface area contributed by atoms with Crippen LogP contribution in [0.1, 0.15) is 22.3 Å². The van der Waals surface area contributed by atoms with Crippen molar-refractivity contribution in [2.45, 2.75) is 26.9 Å². The van der Waals surface area contributed by atoms with Crippen molar-refractivity contribution in [1.29, 1.82) is 5.26 Å². The van der Waals surface area contributed by atoms with E-state index in [0.29, 0.717) is 11.1 Å². The number of hydrogen-bond acceptors (Lipinski definition) is 5. The second-order valence-corrected chi connectivity index (χ2v) is 5.31. The van der Waals surface area contributed by atoms with Gasteiger partial charge in [0.25, 0.3) is 5.56 Å². The molecule has 2 rings (SSSR count). The third kappa shape index (κ3) is 3.35. The molecular weight excluding hydrogens is 294 g/mol. The molecule has 0 atom stereocenters. The van der Waals surface area contributed by atoms with Crippen molar-refractivity contribution in [3.63, 3.8) is 0 Å². The number of aliphatic hydroxyl groups excluding tert-OH is 1. The largest absolute Gasteiger partial charge is 0.494 e. The van der Waals surface area contributed by atoms with Crippen LogP contribution >= 0.6 is 0 Å². The Morgan fingerprint density at radius 1 is 1.26 bits per heavy atom. The molecule has 2 aromatic rings. The third-order valence-corrected chi connectivity index (χ3v) is 3.77. The van der Waals surface area contributed by atoms with Crippen LogP contribution in [0.2, 0.25) is 0 Å². The Morgan fingerprint density at radius 2 is 1.91 bits per heavy atom. The molecule has 0 saturated heterocycles. The summed E-state index contributed by atoms with van der Waals surface area (Å²) in [5.41, 5.74) is 2.32. The first-order valence-electron chi connectivity index (χ1n) is 7.26. The number of aliphatic hydroxyl groups is 1. The number of pyridine rings is 1. The number of aromatic nitrogens is 1. The SMILES string of the molecule is Cc1ccc(NCc2c(C)c(C#N)c(=O)n(CCO)c2O)cc1. The topological polar surface area (TPSA) is 98.3 Å². The molecule has 0 bridgehead atoms. The predicted octanol–water partition coefficient (Wildman–Crippen LogP) is 1.65. The van der Waals surface area contributed by atoms with Crippen molar-refractivity contribution in [2.24, 2.45) is 0 Å². The molecule has 0 fully saturated rings. The molecule has 6 heteroatoms. The van der Waals surface area contributed by atoms with Crippen molar-refractivity contribution >= 4 is 5.69 Å². The normalized spacial score (nSPS) is 10.3. The van der Waals surface area contributed by atoms with E-state index in [1.165, 1.54) is 0 Å². The minimum absolute atomic E-state index is 0.0167. The molecule has 0 aliphatic rings. The van der Waals surface area contributed by atoms with Crippen LogP contribution < -0.4 is 10.9 Å². The predicted molar refractivity (Wildman–Crippen MR) is 87.4 cm³/mol. The van der Waals surface area contributed by atoms with E-state index in [1.54, 1.807) is 6.92 Å². The molecule has 0 amide bonds. The number of anilines is 1. The Kier molecular flexibility index (Phi) is 5.04. The van der Waals surface area contributed by atoms with Crippen LogP contribution in [-0.2, 0) is 13.1 Å². The molecule has 0 unspecified atom stereocenters. The maximum Gasteiger partial charge on any atom is 0.271 e. The summed E-state index contributed by atoms with van der Waals surface area (Å²) in [6.45, 7) is 3.53. The molecule has 0 spiro atoms. The van der Waals surface area contributed by atoms with E-state index in [-0.39, 0.29) is 31.1 Å². The zero-order chi connectivity index (χ0) is 17.0. The van der Waals surface area contributed by atoms with Crippen molar-refractivity contribution in [2.75, 3.05) is 11.9 Å². The Bertz CT molecular complexity index is 802. The third-order valence-electron chi connectivity index (χ3n) is 3.77. The number of aryl methyl sites for hydroxylation is 1.